The first kappa shape index (κ1) is 25.0. The third-order valence-corrected chi connectivity index (χ3v) is 6.67. The predicted molar refractivity (Wildman–Crippen MR) is 150 cm³/mol. The number of nitrogens with one attached hydrogen (secondary N) is 2. The van der Waals surface area contributed by atoms with Gasteiger partial charge in [0.1, 0.15) is 0 Å². The van der Waals surface area contributed by atoms with Crippen molar-refractivity contribution in [3.63, 3.8) is 0 Å². The normalized spacial score (nSPS) is 10.9. The van der Waals surface area contributed by atoms with E-state index >= 15 is 0 Å². The number of aryl methyl sites for hydroxylation is 2. The summed E-state index contributed by atoms with van der Waals surface area (Å²) in [5, 5.41) is 11.4. The average molecular weight is 507 g/mol. The van der Waals surface area contributed by atoms with Crippen LogP contribution < -0.4 is 14.8 Å². The fourth-order valence-corrected chi connectivity index (χ4v) is 4.45. The van der Waals surface area contributed by atoms with Gasteiger partial charge in [0, 0.05) is 17.7 Å². The molecule has 2 heterocycles. The first-order valence-corrected chi connectivity index (χ1v) is 12.5. The number of amides is 1. The molecule has 0 aliphatic carbocycles. The molecular weight excluding hydrogens is 476 g/mol. The van der Waals surface area contributed by atoms with E-state index in [2.05, 4.69) is 34.6 Å². The summed E-state index contributed by atoms with van der Waals surface area (Å²) in [6.07, 6.45) is 0.951. The third-order valence-electron chi connectivity index (χ3n) is 6.67. The molecule has 0 unspecified atom stereocenters. The minimum atomic E-state index is -0.201. The van der Waals surface area contributed by atoms with Crippen molar-refractivity contribution in [3.8, 4) is 34.0 Å². The number of rotatable bonds is 8. The van der Waals surface area contributed by atoms with E-state index in [1.165, 1.54) is 11.1 Å². The number of carbonyl (C=O) groups is 1. The van der Waals surface area contributed by atoms with Gasteiger partial charge in [-0.25, -0.2) is 4.98 Å². The van der Waals surface area contributed by atoms with Gasteiger partial charge in [0.2, 0.25) is 0 Å². The maximum atomic E-state index is 13.7. The second-order valence-corrected chi connectivity index (χ2v) is 9.14. The van der Waals surface area contributed by atoms with Crippen molar-refractivity contribution in [1.82, 2.24) is 20.5 Å². The van der Waals surface area contributed by atoms with Crippen LogP contribution in [0.3, 0.4) is 0 Å². The first-order chi connectivity index (χ1) is 18.5. The fraction of sp³-hybridized carbons (Fsp3) is 0.194. The van der Waals surface area contributed by atoms with Gasteiger partial charge in [-0.1, -0.05) is 61.0 Å². The molecule has 3 aromatic carbocycles. The zero-order valence-corrected chi connectivity index (χ0v) is 22.0. The molecule has 5 aromatic rings. The quantitative estimate of drug-likeness (QED) is 0.265. The van der Waals surface area contributed by atoms with E-state index in [0.717, 1.165) is 28.8 Å². The standard InChI is InChI=1S/C31H30N4O3/c1-5-20-10-12-22(13-11-20)29-28-24(31(36)32-18-21-8-6-19(2)7-9-21)17-25(33-30(28)35-34-29)23-14-15-26(37-3)27(16-23)38-4/h6-17H,5,18H2,1-4H3,(H,32,36)(H,33,34,35). The number of aromatic amines is 1. The van der Waals surface area contributed by atoms with Gasteiger partial charge in [-0.15, -0.1) is 0 Å². The maximum absolute atomic E-state index is 13.7. The SMILES string of the molecule is CCc1ccc(-c2[nH]nc3nc(-c4ccc(OC)c(OC)c4)cc(C(=O)NCc4ccc(C)cc4)c23)cc1. The van der Waals surface area contributed by atoms with Gasteiger partial charge < -0.3 is 14.8 Å². The second-order valence-electron chi connectivity index (χ2n) is 9.14. The number of H-pyrrole nitrogens is 1. The molecule has 0 saturated carbocycles. The number of hydrogen-bond donors (Lipinski definition) is 2. The highest BCUT2D eigenvalue weighted by atomic mass is 16.5. The molecular formula is C31H30N4O3. The lowest BCUT2D eigenvalue weighted by Gasteiger charge is -2.12. The molecule has 0 aliphatic heterocycles. The van der Waals surface area contributed by atoms with Crippen LogP contribution in [0.4, 0.5) is 0 Å². The predicted octanol–water partition coefficient (Wildman–Crippen LogP) is 6.11. The van der Waals surface area contributed by atoms with E-state index in [-0.39, 0.29) is 5.91 Å². The smallest absolute Gasteiger partial charge is 0.252 e. The summed E-state index contributed by atoms with van der Waals surface area (Å²) in [5.41, 5.74) is 7.49. The fourth-order valence-electron chi connectivity index (χ4n) is 4.45. The molecule has 0 radical (unpaired) electrons. The Bertz CT molecular complexity index is 1590. The van der Waals surface area contributed by atoms with E-state index in [1.807, 2.05) is 67.6 Å². The first-order valence-electron chi connectivity index (χ1n) is 12.5. The summed E-state index contributed by atoms with van der Waals surface area (Å²) in [5.74, 6) is 0.995. The molecule has 38 heavy (non-hydrogen) atoms. The molecule has 0 saturated heterocycles. The lowest BCUT2D eigenvalue weighted by Crippen LogP contribution is -2.23. The van der Waals surface area contributed by atoms with Crippen LogP contribution in [0.1, 0.15) is 34.0 Å². The largest absolute Gasteiger partial charge is 0.493 e. The Morgan fingerprint density at radius 2 is 1.55 bits per heavy atom. The van der Waals surface area contributed by atoms with Crippen LogP contribution in [0.2, 0.25) is 0 Å². The van der Waals surface area contributed by atoms with Crippen LogP contribution in [-0.2, 0) is 13.0 Å². The molecule has 2 N–H and O–H groups in total. The molecule has 0 aliphatic rings. The number of pyridine rings is 1. The Labute approximate surface area is 221 Å². The average Bonchev–Trinajstić information content (AvgIpc) is 3.40. The molecule has 2 aromatic heterocycles. The molecule has 0 fully saturated rings. The Hall–Kier alpha value is -4.65. The van der Waals surface area contributed by atoms with E-state index in [9.17, 15) is 4.79 Å². The third kappa shape index (κ3) is 4.95. The van der Waals surface area contributed by atoms with Gasteiger partial charge in [-0.05, 0) is 48.7 Å². The van der Waals surface area contributed by atoms with Crippen LogP contribution in [0.25, 0.3) is 33.5 Å². The Morgan fingerprint density at radius 3 is 2.24 bits per heavy atom. The van der Waals surface area contributed by atoms with Crippen LogP contribution in [0.15, 0.2) is 72.8 Å². The summed E-state index contributed by atoms with van der Waals surface area (Å²) >= 11 is 0. The van der Waals surface area contributed by atoms with Gasteiger partial charge in [0.05, 0.1) is 36.6 Å². The lowest BCUT2D eigenvalue weighted by molar-refractivity contribution is 0.0952. The second kappa shape index (κ2) is 10.8. The summed E-state index contributed by atoms with van der Waals surface area (Å²) in [4.78, 5) is 18.5. The minimum Gasteiger partial charge on any atom is -0.493 e. The van der Waals surface area contributed by atoms with Gasteiger partial charge in [-0.2, -0.15) is 5.10 Å². The molecule has 5 rings (SSSR count). The molecule has 0 bridgehead atoms. The van der Waals surface area contributed by atoms with E-state index in [4.69, 9.17) is 14.5 Å². The van der Waals surface area contributed by atoms with Gasteiger partial charge in [0.15, 0.2) is 17.1 Å². The van der Waals surface area contributed by atoms with Crippen LogP contribution in [0.5, 0.6) is 11.5 Å². The number of fused-ring (bicyclic) bond motifs is 1. The summed E-state index contributed by atoms with van der Waals surface area (Å²) < 4.78 is 10.9. The molecule has 192 valence electrons. The number of carbonyl (C=O) groups excluding carboxylic acids is 1. The molecule has 0 atom stereocenters. The molecule has 1 amide bonds. The topological polar surface area (TPSA) is 89.1 Å². The molecule has 7 nitrogen and oxygen atoms in total. The van der Waals surface area contributed by atoms with Gasteiger partial charge >= 0.3 is 0 Å². The monoisotopic (exact) mass is 506 g/mol. The number of methoxy groups -OCH3 is 2. The van der Waals surface area contributed by atoms with Crippen molar-refractivity contribution in [2.45, 2.75) is 26.8 Å². The van der Waals surface area contributed by atoms with Crippen molar-refractivity contribution >= 4 is 16.9 Å². The van der Waals surface area contributed by atoms with Gasteiger partial charge in [-0.3, -0.25) is 9.89 Å². The van der Waals surface area contributed by atoms with Crippen molar-refractivity contribution in [2.24, 2.45) is 0 Å². The lowest BCUT2D eigenvalue weighted by atomic mass is 10.0. The zero-order valence-electron chi connectivity index (χ0n) is 22.0. The zero-order chi connectivity index (χ0) is 26.6. The molecule has 0 spiro atoms. The van der Waals surface area contributed by atoms with Crippen LogP contribution in [0, 0.1) is 6.92 Å². The highest BCUT2D eigenvalue weighted by Gasteiger charge is 2.21. The minimum absolute atomic E-state index is 0.201. The van der Waals surface area contributed by atoms with Crippen molar-refractivity contribution in [3.05, 3.63) is 95.1 Å². The Balaban J connectivity index is 1.61. The maximum Gasteiger partial charge on any atom is 0.252 e. The molecule has 7 heteroatoms. The Kier molecular flexibility index (Phi) is 7.09. The summed E-state index contributed by atoms with van der Waals surface area (Å²) in [7, 11) is 3.18. The van der Waals surface area contributed by atoms with E-state index < -0.39 is 0 Å². The summed E-state index contributed by atoms with van der Waals surface area (Å²) in [6.45, 7) is 4.57. The highest BCUT2D eigenvalue weighted by Crippen LogP contribution is 2.35. The Morgan fingerprint density at radius 1 is 0.868 bits per heavy atom. The van der Waals surface area contributed by atoms with Crippen molar-refractivity contribution in [2.75, 3.05) is 14.2 Å². The van der Waals surface area contributed by atoms with Crippen molar-refractivity contribution < 1.29 is 14.3 Å². The van der Waals surface area contributed by atoms with E-state index in [0.29, 0.717) is 40.3 Å². The van der Waals surface area contributed by atoms with Gasteiger partial charge in [0.25, 0.3) is 5.91 Å². The number of aromatic nitrogens is 3. The van der Waals surface area contributed by atoms with Crippen molar-refractivity contribution in [1.29, 1.82) is 0 Å². The number of benzene rings is 3. The van der Waals surface area contributed by atoms with Crippen LogP contribution >= 0.6 is 0 Å². The number of hydrogen-bond acceptors (Lipinski definition) is 5. The number of ether oxygens (including phenoxy) is 2. The summed E-state index contributed by atoms with van der Waals surface area (Å²) in [6, 6.07) is 23.7. The van der Waals surface area contributed by atoms with E-state index in [1.54, 1.807) is 14.2 Å². The number of nitrogens with zero attached hydrogens (tertiary/aromatic N) is 2. The highest BCUT2D eigenvalue weighted by molar-refractivity contribution is 6.11. The van der Waals surface area contributed by atoms with Crippen LogP contribution in [-0.4, -0.2) is 35.3 Å².